The van der Waals surface area contributed by atoms with Gasteiger partial charge in [-0.1, -0.05) is 65.7 Å². The van der Waals surface area contributed by atoms with Crippen molar-refractivity contribution in [3.63, 3.8) is 0 Å². The second-order valence-corrected chi connectivity index (χ2v) is 11.4. The SMILES string of the molecule is CC(C)c1cc(N=[N+]=[N-])cc(C(C)C)c1N1C=CN(c2c(C(C)C)cc(-n3cc(CO)nn3)cc2C(C)C)C1. The molecular formula is C30H40N8O. The topological polar surface area (TPSA) is 106 Å². The van der Waals surface area contributed by atoms with Crippen LogP contribution in [0.25, 0.3) is 16.1 Å². The first-order valence-corrected chi connectivity index (χ1v) is 13.7. The maximum atomic E-state index is 9.48. The van der Waals surface area contributed by atoms with Gasteiger partial charge in [0.15, 0.2) is 0 Å². The maximum Gasteiger partial charge on any atom is 0.109 e. The molecule has 0 saturated heterocycles. The minimum atomic E-state index is -0.138. The highest BCUT2D eigenvalue weighted by atomic mass is 16.3. The number of nitrogens with zero attached hydrogens (tertiary/aromatic N) is 8. The van der Waals surface area contributed by atoms with Crippen LogP contribution in [0.5, 0.6) is 0 Å². The summed E-state index contributed by atoms with van der Waals surface area (Å²) in [5.74, 6) is 1.08. The van der Waals surface area contributed by atoms with Crippen molar-refractivity contribution in [2.75, 3.05) is 16.5 Å². The predicted molar refractivity (Wildman–Crippen MR) is 158 cm³/mol. The van der Waals surface area contributed by atoms with Crippen molar-refractivity contribution in [2.45, 2.75) is 85.7 Å². The average Bonchev–Trinajstić information content (AvgIpc) is 3.57. The molecular weight excluding hydrogens is 488 g/mol. The summed E-state index contributed by atoms with van der Waals surface area (Å²) in [5, 5.41) is 21.7. The fourth-order valence-electron chi connectivity index (χ4n) is 5.20. The van der Waals surface area contributed by atoms with Crippen molar-refractivity contribution in [3.05, 3.63) is 81.3 Å². The highest BCUT2D eigenvalue weighted by Gasteiger charge is 2.28. The first-order chi connectivity index (χ1) is 18.5. The Labute approximate surface area is 231 Å². The van der Waals surface area contributed by atoms with Gasteiger partial charge in [0, 0.05) is 34.4 Å². The molecule has 0 amide bonds. The van der Waals surface area contributed by atoms with E-state index in [1.165, 1.54) is 33.6 Å². The summed E-state index contributed by atoms with van der Waals surface area (Å²) in [4.78, 5) is 7.69. The van der Waals surface area contributed by atoms with Crippen LogP contribution >= 0.6 is 0 Å². The van der Waals surface area contributed by atoms with Crippen molar-refractivity contribution in [1.29, 1.82) is 0 Å². The van der Waals surface area contributed by atoms with Crippen molar-refractivity contribution in [3.8, 4) is 5.69 Å². The van der Waals surface area contributed by atoms with Crippen molar-refractivity contribution >= 4 is 17.1 Å². The second-order valence-electron chi connectivity index (χ2n) is 11.4. The zero-order valence-electron chi connectivity index (χ0n) is 24.3. The normalized spacial score (nSPS) is 13.5. The minimum absolute atomic E-state index is 0.138. The smallest absolute Gasteiger partial charge is 0.109 e. The molecule has 2 aromatic carbocycles. The van der Waals surface area contributed by atoms with Crippen LogP contribution < -0.4 is 9.80 Å². The van der Waals surface area contributed by atoms with E-state index < -0.39 is 0 Å². The Kier molecular flexibility index (Phi) is 8.33. The molecule has 9 heteroatoms. The number of anilines is 2. The van der Waals surface area contributed by atoms with E-state index in [2.05, 4.69) is 110 Å². The Morgan fingerprint density at radius 3 is 1.67 bits per heavy atom. The summed E-state index contributed by atoms with van der Waals surface area (Å²) >= 11 is 0. The molecule has 2 heterocycles. The van der Waals surface area contributed by atoms with Crippen LogP contribution in [0.1, 0.15) is 107 Å². The van der Waals surface area contributed by atoms with E-state index in [0.717, 1.165) is 5.69 Å². The lowest BCUT2D eigenvalue weighted by Gasteiger charge is -2.31. The van der Waals surface area contributed by atoms with Crippen molar-refractivity contribution in [1.82, 2.24) is 15.0 Å². The van der Waals surface area contributed by atoms with Crippen LogP contribution in [0.4, 0.5) is 17.1 Å². The summed E-state index contributed by atoms with van der Waals surface area (Å²) < 4.78 is 1.74. The highest BCUT2D eigenvalue weighted by Crippen LogP contribution is 2.43. The van der Waals surface area contributed by atoms with E-state index in [-0.39, 0.29) is 30.3 Å². The molecule has 0 unspecified atom stereocenters. The van der Waals surface area contributed by atoms with Crippen LogP contribution in [0.15, 0.2) is 48.0 Å². The maximum absolute atomic E-state index is 9.48. The minimum Gasteiger partial charge on any atom is -0.390 e. The van der Waals surface area contributed by atoms with Gasteiger partial charge in [-0.2, -0.15) is 0 Å². The summed E-state index contributed by atoms with van der Waals surface area (Å²) in [6, 6.07) is 8.42. The number of rotatable bonds is 9. The molecule has 1 aromatic heterocycles. The molecule has 0 saturated carbocycles. The molecule has 3 aromatic rings. The Hall–Kier alpha value is -3.81. The fraction of sp³-hybridized carbons (Fsp3) is 0.467. The molecule has 39 heavy (non-hydrogen) atoms. The van der Waals surface area contributed by atoms with Gasteiger partial charge in [0.1, 0.15) is 5.69 Å². The van der Waals surface area contributed by atoms with E-state index in [9.17, 15) is 5.11 Å². The third-order valence-electron chi connectivity index (χ3n) is 7.23. The Morgan fingerprint density at radius 2 is 1.28 bits per heavy atom. The van der Waals surface area contributed by atoms with Gasteiger partial charge < -0.3 is 14.9 Å². The second kappa shape index (κ2) is 11.5. The third kappa shape index (κ3) is 5.65. The van der Waals surface area contributed by atoms with Gasteiger partial charge in [-0.25, -0.2) is 4.68 Å². The molecule has 206 valence electrons. The quantitative estimate of drug-likeness (QED) is 0.172. The summed E-state index contributed by atoms with van der Waals surface area (Å²) in [5.41, 5.74) is 18.4. The molecule has 0 fully saturated rings. The lowest BCUT2D eigenvalue weighted by atomic mass is 9.91. The molecule has 9 nitrogen and oxygen atoms in total. The number of aromatic nitrogens is 3. The zero-order valence-corrected chi connectivity index (χ0v) is 24.3. The Morgan fingerprint density at radius 1 is 0.821 bits per heavy atom. The van der Waals surface area contributed by atoms with E-state index >= 15 is 0 Å². The Bertz CT molecular complexity index is 1350. The monoisotopic (exact) mass is 528 g/mol. The van der Waals surface area contributed by atoms with Crippen LogP contribution in [0.3, 0.4) is 0 Å². The average molecular weight is 529 g/mol. The van der Waals surface area contributed by atoms with Crippen LogP contribution in [-0.4, -0.2) is 26.8 Å². The van der Waals surface area contributed by atoms with Crippen molar-refractivity contribution < 1.29 is 5.11 Å². The number of aliphatic hydroxyl groups excluding tert-OH is 1. The Balaban J connectivity index is 1.81. The molecule has 1 aliphatic heterocycles. The van der Waals surface area contributed by atoms with Crippen LogP contribution in [0.2, 0.25) is 0 Å². The van der Waals surface area contributed by atoms with E-state index in [1.54, 1.807) is 10.9 Å². The number of hydrogen-bond acceptors (Lipinski definition) is 6. The highest BCUT2D eigenvalue weighted by molar-refractivity contribution is 5.73. The van der Waals surface area contributed by atoms with E-state index in [1.807, 2.05) is 12.1 Å². The largest absolute Gasteiger partial charge is 0.390 e. The molecule has 0 spiro atoms. The van der Waals surface area contributed by atoms with Gasteiger partial charge in [0.05, 0.1) is 25.2 Å². The molecule has 0 radical (unpaired) electrons. The van der Waals surface area contributed by atoms with Gasteiger partial charge in [-0.3, -0.25) is 0 Å². The predicted octanol–water partition coefficient (Wildman–Crippen LogP) is 7.95. The number of azide groups is 1. The van der Waals surface area contributed by atoms with Crippen LogP contribution in [0, 0.1) is 0 Å². The van der Waals surface area contributed by atoms with E-state index in [0.29, 0.717) is 18.1 Å². The number of hydrogen-bond donors (Lipinski definition) is 1. The van der Waals surface area contributed by atoms with Gasteiger partial charge in [-0.15, -0.1) is 5.10 Å². The fourth-order valence-corrected chi connectivity index (χ4v) is 5.20. The zero-order chi connectivity index (χ0) is 28.4. The molecule has 1 N–H and O–H groups in total. The lowest BCUT2D eigenvalue weighted by molar-refractivity contribution is 0.276. The standard InChI is InChI=1S/C30H40N8O/c1-18(2)25-11-22(32-34-31)12-26(19(3)4)29(25)36-9-10-37(17-36)30-27(20(5)6)13-24(14-28(30)21(7)8)38-15-23(16-39)33-35-38/h9-15,18-21,39H,16-17H2,1-8H3. The molecule has 1 aliphatic rings. The van der Waals surface area contributed by atoms with Crippen LogP contribution in [-0.2, 0) is 6.61 Å². The lowest BCUT2D eigenvalue weighted by Crippen LogP contribution is -2.28. The van der Waals surface area contributed by atoms with Crippen molar-refractivity contribution in [2.24, 2.45) is 5.11 Å². The third-order valence-corrected chi connectivity index (χ3v) is 7.23. The molecule has 0 aliphatic carbocycles. The summed E-state index contributed by atoms with van der Waals surface area (Å²) in [6.45, 7) is 18.1. The van der Waals surface area contributed by atoms with E-state index in [4.69, 9.17) is 5.53 Å². The molecule has 0 atom stereocenters. The number of aliphatic hydroxyl groups is 1. The first-order valence-electron chi connectivity index (χ1n) is 13.7. The molecule has 4 rings (SSSR count). The van der Waals surface area contributed by atoms with Gasteiger partial charge in [0.25, 0.3) is 0 Å². The first kappa shape index (κ1) is 28.2. The van der Waals surface area contributed by atoms with Gasteiger partial charge in [-0.05, 0) is 75.7 Å². The van der Waals surface area contributed by atoms with Gasteiger partial charge in [0.2, 0.25) is 0 Å². The summed E-state index contributed by atoms with van der Waals surface area (Å²) in [7, 11) is 0. The summed E-state index contributed by atoms with van der Waals surface area (Å²) in [6.07, 6.45) is 6.11. The molecule has 0 bridgehead atoms. The van der Waals surface area contributed by atoms with Gasteiger partial charge >= 0.3 is 0 Å². The number of benzene rings is 2.